The molecule has 2 aromatic carbocycles. The quantitative estimate of drug-likeness (QED) is 0.748. The molecule has 4 rings (SSSR count). The SMILES string of the molecule is Cc1ccc(N2CC(C(=O)Nc3ccc(S(=O)(=O)N4CCCCC4)cc3)CC2=O)c(C)c1. The molecule has 0 bridgehead atoms. The molecule has 170 valence electrons. The first-order chi connectivity index (χ1) is 15.3. The van der Waals surface area contributed by atoms with Crippen molar-refractivity contribution in [1.82, 2.24) is 4.31 Å². The molecule has 1 N–H and O–H groups in total. The fraction of sp³-hybridized carbons (Fsp3) is 0.417. The Bertz CT molecular complexity index is 1120. The summed E-state index contributed by atoms with van der Waals surface area (Å²) in [6.07, 6.45) is 2.97. The van der Waals surface area contributed by atoms with Crippen LogP contribution in [-0.2, 0) is 19.6 Å². The van der Waals surface area contributed by atoms with Crippen LogP contribution in [0.5, 0.6) is 0 Å². The number of hydrogen-bond donors (Lipinski definition) is 1. The second-order valence-electron chi connectivity index (χ2n) is 8.67. The van der Waals surface area contributed by atoms with Gasteiger partial charge in [0.05, 0.1) is 10.8 Å². The van der Waals surface area contributed by atoms with Crippen LogP contribution in [0.25, 0.3) is 0 Å². The Morgan fingerprint density at radius 3 is 2.34 bits per heavy atom. The van der Waals surface area contributed by atoms with Gasteiger partial charge in [-0.1, -0.05) is 24.1 Å². The lowest BCUT2D eigenvalue weighted by atomic mass is 10.1. The van der Waals surface area contributed by atoms with E-state index in [1.54, 1.807) is 17.0 Å². The largest absolute Gasteiger partial charge is 0.326 e. The predicted molar refractivity (Wildman–Crippen MR) is 124 cm³/mol. The number of carbonyl (C=O) groups is 2. The smallest absolute Gasteiger partial charge is 0.243 e. The summed E-state index contributed by atoms with van der Waals surface area (Å²) in [5.41, 5.74) is 3.48. The third-order valence-electron chi connectivity index (χ3n) is 6.21. The van der Waals surface area contributed by atoms with E-state index in [9.17, 15) is 18.0 Å². The summed E-state index contributed by atoms with van der Waals surface area (Å²) in [5, 5.41) is 2.83. The number of anilines is 2. The van der Waals surface area contributed by atoms with E-state index in [1.807, 2.05) is 32.0 Å². The molecule has 7 nitrogen and oxygen atoms in total. The Hall–Kier alpha value is -2.71. The molecule has 2 heterocycles. The Labute approximate surface area is 189 Å². The maximum atomic E-state index is 12.8. The molecule has 2 saturated heterocycles. The second-order valence-corrected chi connectivity index (χ2v) is 10.6. The van der Waals surface area contributed by atoms with Crippen LogP contribution in [0.2, 0.25) is 0 Å². The molecule has 2 amide bonds. The lowest BCUT2D eigenvalue weighted by Gasteiger charge is -2.25. The predicted octanol–water partition coefficient (Wildman–Crippen LogP) is 3.47. The topological polar surface area (TPSA) is 86.8 Å². The fourth-order valence-electron chi connectivity index (χ4n) is 4.43. The molecular formula is C24H29N3O4S. The average molecular weight is 456 g/mol. The van der Waals surface area contributed by atoms with Crippen molar-refractivity contribution in [3.8, 4) is 0 Å². The van der Waals surface area contributed by atoms with Crippen LogP contribution in [0.4, 0.5) is 11.4 Å². The van der Waals surface area contributed by atoms with Gasteiger partial charge in [-0.25, -0.2) is 8.42 Å². The van der Waals surface area contributed by atoms with Gasteiger partial charge in [0, 0.05) is 37.4 Å². The molecule has 0 saturated carbocycles. The number of carbonyl (C=O) groups excluding carboxylic acids is 2. The van der Waals surface area contributed by atoms with E-state index in [4.69, 9.17) is 0 Å². The third kappa shape index (κ3) is 4.56. The molecule has 2 aliphatic heterocycles. The summed E-state index contributed by atoms with van der Waals surface area (Å²) in [6, 6.07) is 12.2. The van der Waals surface area contributed by atoms with Crippen LogP contribution in [0, 0.1) is 19.8 Å². The minimum absolute atomic E-state index is 0.0694. The molecule has 2 aliphatic rings. The van der Waals surface area contributed by atoms with E-state index in [0.717, 1.165) is 36.1 Å². The number of rotatable bonds is 5. The maximum Gasteiger partial charge on any atom is 0.243 e. The Kier molecular flexibility index (Phi) is 6.35. The van der Waals surface area contributed by atoms with Gasteiger partial charge in [-0.3, -0.25) is 9.59 Å². The van der Waals surface area contributed by atoms with Crippen LogP contribution in [0.15, 0.2) is 47.4 Å². The highest BCUT2D eigenvalue weighted by Gasteiger charge is 2.35. The number of piperidine rings is 1. The molecule has 32 heavy (non-hydrogen) atoms. The summed E-state index contributed by atoms with van der Waals surface area (Å²) in [7, 11) is -3.51. The second kappa shape index (κ2) is 9.03. The average Bonchev–Trinajstić information content (AvgIpc) is 3.16. The van der Waals surface area contributed by atoms with Crippen molar-refractivity contribution >= 4 is 33.2 Å². The van der Waals surface area contributed by atoms with Crippen molar-refractivity contribution in [2.24, 2.45) is 5.92 Å². The van der Waals surface area contributed by atoms with Gasteiger partial charge >= 0.3 is 0 Å². The van der Waals surface area contributed by atoms with E-state index in [1.165, 1.54) is 16.4 Å². The first-order valence-corrected chi connectivity index (χ1v) is 12.5. The van der Waals surface area contributed by atoms with Gasteiger partial charge in [0.25, 0.3) is 0 Å². The number of sulfonamides is 1. The van der Waals surface area contributed by atoms with Crippen molar-refractivity contribution in [3.05, 3.63) is 53.6 Å². The zero-order chi connectivity index (χ0) is 22.9. The zero-order valence-electron chi connectivity index (χ0n) is 18.5. The van der Waals surface area contributed by atoms with Gasteiger partial charge in [-0.05, 0) is 62.6 Å². The van der Waals surface area contributed by atoms with Crippen molar-refractivity contribution in [2.75, 3.05) is 29.9 Å². The van der Waals surface area contributed by atoms with Gasteiger partial charge in [0.15, 0.2) is 0 Å². The van der Waals surface area contributed by atoms with Gasteiger partial charge in [0.1, 0.15) is 0 Å². The van der Waals surface area contributed by atoms with Crippen LogP contribution in [0.1, 0.15) is 36.8 Å². The fourth-order valence-corrected chi connectivity index (χ4v) is 5.95. The third-order valence-corrected chi connectivity index (χ3v) is 8.13. The summed E-state index contributed by atoms with van der Waals surface area (Å²) in [6.45, 7) is 5.39. The number of hydrogen-bond acceptors (Lipinski definition) is 4. The van der Waals surface area contributed by atoms with Crippen molar-refractivity contribution < 1.29 is 18.0 Å². The van der Waals surface area contributed by atoms with E-state index < -0.39 is 15.9 Å². The molecule has 0 spiro atoms. The van der Waals surface area contributed by atoms with Crippen LogP contribution in [-0.4, -0.2) is 44.2 Å². The number of nitrogens with one attached hydrogen (secondary N) is 1. The van der Waals surface area contributed by atoms with Crippen molar-refractivity contribution in [2.45, 2.75) is 44.4 Å². The summed E-state index contributed by atoms with van der Waals surface area (Å²) in [5.74, 6) is -0.766. The van der Waals surface area contributed by atoms with Crippen LogP contribution < -0.4 is 10.2 Å². The summed E-state index contributed by atoms with van der Waals surface area (Å²) >= 11 is 0. The van der Waals surface area contributed by atoms with Gasteiger partial charge in [0.2, 0.25) is 21.8 Å². The Balaban J connectivity index is 1.41. The molecule has 0 aliphatic carbocycles. The van der Waals surface area contributed by atoms with E-state index in [2.05, 4.69) is 5.32 Å². The highest BCUT2D eigenvalue weighted by molar-refractivity contribution is 7.89. The molecule has 2 fully saturated rings. The summed E-state index contributed by atoms with van der Waals surface area (Å²) in [4.78, 5) is 27.3. The highest BCUT2D eigenvalue weighted by Crippen LogP contribution is 2.29. The van der Waals surface area contributed by atoms with E-state index in [0.29, 0.717) is 25.3 Å². The van der Waals surface area contributed by atoms with Gasteiger partial charge in [-0.2, -0.15) is 4.31 Å². The number of amides is 2. The normalized spacial score (nSPS) is 19.9. The first-order valence-electron chi connectivity index (χ1n) is 11.0. The molecule has 1 atom stereocenters. The number of nitrogens with zero attached hydrogens (tertiary/aromatic N) is 2. The molecule has 0 aromatic heterocycles. The minimum Gasteiger partial charge on any atom is -0.326 e. The molecule has 8 heteroatoms. The summed E-state index contributed by atoms with van der Waals surface area (Å²) < 4.78 is 27.1. The lowest BCUT2D eigenvalue weighted by Crippen LogP contribution is -2.35. The van der Waals surface area contributed by atoms with E-state index in [-0.39, 0.29) is 23.1 Å². The monoisotopic (exact) mass is 455 g/mol. The van der Waals surface area contributed by atoms with Crippen LogP contribution in [0.3, 0.4) is 0 Å². The first kappa shape index (κ1) is 22.5. The molecule has 0 radical (unpaired) electrons. The van der Waals surface area contributed by atoms with Gasteiger partial charge < -0.3 is 10.2 Å². The number of benzene rings is 2. The lowest BCUT2D eigenvalue weighted by molar-refractivity contribution is -0.122. The Morgan fingerprint density at radius 2 is 1.69 bits per heavy atom. The standard InChI is InChI=1S/C24H29N3O4S/c1-17-6-11-22(18(2)14-17)27-16-19(15-23(27)28)24(29)25-20-7-9-21(10-8-20)32(30,31)26-12-4-3-5-13-26/h6-11,14,19H,3-5,12-13,15-16H2,1-2H3,(H,25,29). The highest BCUT2D eigenvalue weighted by atomic mass is 32.2. The van der Waals surface area contributed by atoms with Crippen LogP contribution >= 0.6 is 0 Å². The van der Waals surface area contributed by atoms with E-state index >= 15 is 0 Å². The van der Waals surface area contributed by atoms with Crippen molar-refractivity contribution in [1.29, 1.82) is 0 Å². The van der Waals surface area contributed by atoms with Crippen molar-refractivity contribution in [3.63, 3.8) is 0 Å². The zero-order valence-corrected chi connectivity index (χ0v) is 19.3. The minimum atomic E-state index is -3.51. The number of aryl methyl sites for hydroxylation is 2. The molecule has 2 aromatic rings. The Morgan fingerprint density at radius 1 is 1.00 bits per heavy atom. The molecular weight excluding hydrogens is 426 g/mol. The van der Waals surface area contributed by atoms with Gasteiger partial charge in [-0.15, -0.1) is 0 Å². The maximum absolute atomic E-state index is 12.8. The molecule has 1 unspecified atom stereocenters.